The first-order chi connectivity index (χ1) is 6.75. The molecule has 0 fully saturated rings. The minimum Gasteiger partial charge on any atom is -0.465 e. The summed E-state index contributed by atoms with van der Waals surface area (Å²) < 4.78 is 5.12. The summed E-state index contributed by atoms with van der Waals surface area (Å²) in [5.74, 6) is 0.367. The van der Waals surface area contributed by atoms with Crippen LogP contribution in [0.25, 0.3) is 0 Å². The third-order valence-corrected chi connectivity index (χ3v) is 2.36. The van der Waals surface area contributed by atoms with E-state index in [9.17, 15) is 4.79 Å². The van der Waals surface area contributed by atoms with Crippen LogP contribution in [-0.4, -0.2) is 18.6 Å². The molecule has 0 spiro atoms. The van der Waals surface area contributed by atoms with Crippen molar-refractivity contribution in [1.29, 1.82) is 0 Å². The van der Waals surface area contributed by atoms with Gasteiger partial charge in [0, 0.05) is 0 Å². The molecule has 0 aliphatic heterocycles. The molecule has 0 rings (SSSR count). The van der Waals surface area contributed by atoms with Crippen molar-refractivity contribution in [3.63, 3.8) is 0 Å². The Kier molecular flexibility index (Phi) is 5.88. The number of hydrogen-bond acceptors (Lipinski definition) is 3. The molecule has 0 aromatic carbocycles. The lowest BCUT2D eigenvalue weighted by Gasteiger charge is -2.24. The number of hydrogen-bond donors (Lipinski definition) is 1. The zero-order valence-corrected chi connectivity index (χ0v) is 10.7. The van der Waals surface area contributed by atoms with Gasteiger partial charge in [0.2, 0.25) is 0 Å². The molecule has 0 amide bonds. The maximum Gasteiger partial charge on any atom is 0.323 e. The molecule has 0 radical (unpaired) electrons. The number of carbonyl (C=O) groups is 1. The van der Waals surface area contributed by atoms with E-state index in [0.717, 1.165) is 12.8 Å². The first kappa shape index (κ1) is 14.4. The van der Waals surface area contributed by atoms with Crippen LogP contribution in [0.1, 0.15) is 47.5 Å². The van der Waals surface area contributed by atoms with E-state index in [1.807, 2.05) is 20.8 Å². The minimum atomic E-state index is -0.531. The van der Waals surface area contributed by atoms with Crippen molar-refractivity contribution >= 4 is 5.97 Å². The van der Waals surface area contributed by atoms with E-state index in [1.165, 1.54) is 0 Å². The zero-order chi connectivity index (χ0) is 12.1. The maximum atomic E-state index is 11.5. The molecule has 0 bridgehead atoms. The fraction of sp³-hybridized carbons (Fsp3) is 0.917. The van der Waals surface area contributed by atoms with E-state index in [1.54, 1.807) is 0 Å². The normalized spacial score (nSPS) is 14.1. The Hall–Kier alpha value is -0.570. The van der Waals surface area contributed by atoms with E-state index in [4.69, 9.17) is 10.5 Å². The minimum absolute atomic E-state index is 0.227. The van der Waals surface area contributed by atoms with Gasteiger partial charge in [0.1, 0.15) is 6.04 Å². The van der Waals surface area contributed by atoms with Crippen molar-refractivity contribution in [2.45, 2.75) is 53.5 Å². The molecule has 15 heavy (non-hydrogen) atoms. The van der Waals surface area contributed by atoms with Crippen molar-refractivity contribution in [2.24, 2.45) is 17.1 Å². The van der Waals surface area contributed by atoms with Gasteiger partial charge >= 0.3 is 5.97 Å². The van der Waals surface area contributed by atoms with Crippen LogP contribution < -0.4 is 5.73 Å². The molecule has 0 saturated heterocycles. The molecule has 90 valence electrons. The van der Waals surface area contributed by atoms with Crippen LogP contribution in [0.4, 0.5) is 0 Å². The van der Waals surface area contributed by atoms with E-state index >= 15 is 0 Å². The van der Waals surface area contributed by atoms with Gasteiger partial charge in [-0.1, -0.05) is 34.6 Å². The number of carbonyl (C=O) groups excluding carboxylic acids is 1. The van der Waals surface area contributed by atoms with E-state index in [-0.39, 0.29) is 11.4 Å². The summed E-state index contributed by atoms with van der Waals surface area (Å²) in [4.78, 5) is 11.5. The maximum absolute atomic E-state index is 11.5. The summed E-state index contributed by atoms with van der Waals surface area (Å²) in [6.07, 6.45) is 2.00. The highest BCUT2D eigenvalue weighted by molar-refractivity contribution is 5.76. The fourth-order valence-electron chi connectivity index (χ4n) is 1.11. The van der Waals surface area contributed by atoms with Gasteiger partial charge in [0.05, 0.1) is 6.61 Å². The topological polar surface area (TPSA) is 52.3 Å². The third-order valence-electron chi connectivity index (χ3n) is 2.36. The number of ether oxygens (including phenoxy) is 1. The summed E-state index contributed by atoms with van der Waals surface area (Å²) in [5, 5.41) is 0. The Morgan fingerprint density at radius 1 is 1.33 bits per heavy atom. The van der Waals surface area contributed by atoms with Crippen LogP contribution in [0, 0.1) is 11.3 Å². The Labute approximate surface area is 93.4 Å². The lowest BCUT2D eigenvalue weighted by Crippen LogP contribution is -2.43. The predicted octanol–water partition coefficient (Wildman–Crippen LogP) is 2.34. The molecule has 2 N–H and O–H groups in total. The monoisotopic (exact) mass is 215 g/mol. The molecule has 0 aromatic rings. The highest BCUT2D eigenvalue weighted by Crippen LogP contribution is 2.18. The van der Waals surface area contributed by atoms with Gasteiger partial charge < -0.3 is 10.5 Å². The highest BCUT2D eigenvalue weighted by Gasteiger charge is 2.28. The summed E-state index contributed by atoms with van der Waals surface area (Å²) in [6, 6.07) is -0.531. The Balaban J connectivity index is 3.75. The van der Waals surface area contributed by atoms with Crippen LogP contribution in [0.15, 0.2) is 0 Å². The first-order valence-corrected chi connectivity index (χ1v) is 5.67. The average Bonchev–Trinajstić information content (AvgIpc) is 2.09. The average molecular weight is 215 g/mol. The smallest absolute Gasteiger partial charge is 0.323 e. The molecule has 0 aromatic heterocycles. The van der Waals surface area contributed by atoms with Crippen molar-refractivity contribution in [3.05, 3.63) is 0 Å². The largest absolute Gasteiger partial charge is 0.465 e. The molecular weight excluding hydrogens is 190 g/mol. The van der Waals surface area contributed by atoms with E-state index in [2.05, 4.69) is 13.8 Å². The number of esters is 1. The quantitative estimate of drug-likeness (QED) is 0.565. The van der Waals surface area contributed by atoms with Crippen LogP contribution in [0.5, 0.6) is 0 Å². The zero-order valence-electron chi connectivity index (χ0n) is 10.7. The Morgan fingerprint density at radius 2 is 1.87 bits per heavy atom. The van der Waals surface area contributed by atoms with Gasteiger partial charge in [-0.3, -0.25) is 4.79 Å². The lowest BCUT2D eigenvalue weighted by molar-refractivity contribution is -0.148. The van der Waals surface area contributed by atoms with Crippen molar-refractivity contribution < 1.29 is 9.53 Å². The van der Waals surface area contributed by atoms with Gasteiger partial charge in [0.15, 0.2) is 0 Å². The molecule has 0 heterocycles. The van der Waals surface area contributed by atoms with Gasteiger partial charge in [-0.05, 0) is 24.2 Å². The molecule has 1 atom stereocenters. The van der Waals surface area contributed by atoms with Crippen LogP contribution in [0.2, 0.25) is 0 Å². The molecule has 0 saturated carbocycles. The molecular formula is C12H25NO2. The molecule has 3 heteroatoms. The SMILES string of the molecule is CC(C)CCCOC(=O)[C@H](N)C(C)(C)C. The second-order valence-electron chi connectivity index (χ2n) is 5.55. The van der Waals surface area contributed by atoms with Crippen molar-refractivity contribution in [2.75, 3.05) is 6.61 Å². The van der Waals surface area contributed by atoms with Crippen molar-refractivity contribution in [3.8, 4) is 0 Å². The molecule has 3 nitrogen and oxygen atoms in total. The number of rotatable bonds is 5. The second kappa shape index (κ2) is 6.11. The van der Waals surface area contributed by atoms with Crippen LogP contribution in [-0.2, 0) is 9.53 Å². The first-order valence-electron chi connectivity index (χ1n) is 5.67. The number of nitrogens with two attached hydrogens (primary N) is 1. The fourth-order valence-corrected chi connectivity index (χ4v) is 1.11. The summed E-state index contributed by atoms with van der Waals surface area (Å²) >= 11 is 0. The summed E-state index contributed by atoms with van der Waals surface area (Å²) in [5.41, 5.74) is 5.53. The van der Waals surface area contributed by atoms with Gasteiger partial charge in [-0.2, -0.15) is 0 Å². The standard InChI is InChI=1S/C12H25NO2/c1-9(2)7-6-8-15-11(14)10(13)12(3,4)5/h9-10H,6-8,13H2,1-5H3/t10-/m0/s1. The van der Waals surface area contributed by atoms with Crippen molar-refractivity contribution in [1.82, 2.24) is 0 Å². The van der Waals surface area contributed by atoms with Gasteiger partial charge in [-0.15, -0.1) is 0 Å². The molecule has 0 aliphatic rings. The Morgan fingerprint density at radius 3 is 2.27 bits per heavy atom. The van der Waals surface area contributed by atoms with E-state index in [0.29, 0.717) is 12.5 Å². The summed E-state index contributed by atoms with van der Waals surface area (Å²) in [6.45, 7) is 10.6. The molecule has 0 aliphatic carbocycles. The van der Waals surface area contributed by atoms with Crippen LogP contribution in [0.3, 0.4) is 0 Å². The highest BCUT2D eigenvalue weighted by atomic mass is 16.5. The van der Waals surface area contributed by atoms with Gasteiger partial charge in [-0.25, -0.2) is 0 Å². The van der Waals surface area contributed by atoms with E-state index < -0.39 is 6.04 Å². The summed E-state index contributed by atoms with van der Waals surface area (Å²) in [7, 11) is 0. The Bertz CT molecular complexity index is 194. The second-order valence-corrected chi connectivity index (χ2v) is 5.55. The lowest BCUT2D eigenvalue weighted by atomic mass is 9.87. The molecule has 0 unspecified atom stereocenters. The van der Waals surface area contributed by atoms with Crippen LogP contribution >= 0.6 is 0 Å². The predicted molar refractivity (Wildman–Crippen MR) is 62.5 cm³/mol. The van der Waals surface area contributed by atoms with Gasteiger partial charge in [0.25, 0.3) is 0 Å². The third kappa shape index (κ3) is 6.50.